The van der Waals surface area contributed by atoms with Crippen molar-refractivity contribution in [3.8, 4) is 0 Å². The van der Waals surface area contributed by atoms with Crippen LogP contribution in [0.5, 0.6) is 0 Å². The summed E-state index contributed by atoms with van der Waals surface area (Å²) in [5, 5.41) is 13.0. The fraction of sp³-hybridized carbons (Fsp3) is 0.750. The quantitative estimate of drug-likeness (QED) is 0.592. The first-order valence-electron chi connectivity index (χ1n) is 4.59. The highest BCUT2D eigenvalue weighted by Crippen LogP contribution is 1.90. The number of nitrogens with one attached hydrogen (secondary N) is 2. The minimum atomic E-state index is -3.17. The lowest BCUT2D eigenvalue weighted by atomic mass is 10.3. The number of carboxylic acids is 1. The van der Waals surface area contributed by atoms with E-state index in [1.807, 2.05) is 0 Å². The fourth-order valence-electron chi connectivity index (χ4n) is 1.02. The van der Waals surface area contributed by atoms with E-state index in [2.05, 4.69) is 10.6 Å². The van der Waals surface area contributed by atoms with Crippen molar-refractivity contribution in [2.45, 2.75) is 25.9 Å². The summed E-state index contributed by atoms with van der Waals surface area (Å²) in [7, 11) is -3.17. The van der Waals surface area contributed by atoms with E-state index in [4.69, 9.17) is 5.11 Å². The van der Waals surface area contributed by atoms with Crippen LogP contribution in [0.3, 0.4) is 0 Å². The van der Waals surface area contributed by atoms with Crippen LogP contribution in [0, 0.1) is 0 Å². The predicted octanol–water partition coefficient (Wildman–Crippen LogP) is -0.808. The lowest BCUT2D eigenvalue weighted by Crippen LogP contribution is -2.48. The average molecular weight is 252 g/mol. The van der Waals surface area contributed by atoms with Crippen molar-refractivity contribution in [3.63, 3.8) is 0 Å². The van der Waals surface area contributed by atoms with E-state index >= 15 is 0 Å². The maximum atomic E-state index is 11.2. The topological polar surface area (TPSA) is 113 Å². The number of urea groups is 1. The summed E-state index contributed by atoms with van der Waals surface area (Å²) in [4.78, 5) is 21.6. The molecule has 0 aliphatic rings. The minimum Gasteiger partial charge on any atom is -0.480 e. The molecule has 0 heterocycles. The highest BCUT2D eigenvalue weighted by Gasteiger charge is 2.17. The summed E-state index contributed by atoms with van der Waals surface area (Å²) in [5.74, 6) is -1.35. The second kappa shape index (κ2) is 5.69. The number of hydrogen-bond donors (Lipinski definition) is 3. The third kappa shape index (κ3) is 7.04. The fourth-order valence-corrected chi connectivity index (χ4v) is 2.01. The van der Waals surface area contributed by atoms with Gasteiger partial charge in [0.1, 0.15) is 15.9 Å². The van der Waals surface area contributed by atoms with Gasteiger partial charge in [0.25, 0.3) is 0 Å². The van der Waals surface area contributed by atoms with Crippen molar-refractivity contribution in [2.24, 2.45) is 0 Å². The Hall–Kier alpha value is -1.31. The molecular formula is C8H16N2O5S. The molecule has 0 bridgehead atoms. The van der Waals surface area contributed by atoms with E-state index in [-0.39, 0.29) is 5.75 Å². The summed E-state index contributed by atoms with van der Waals surface area (Å²) in [6.45, 7) is 2.83. The summed E-state index contributed by atoms with van der Waals surface area (Å²) < 4.78 is 21.8. The molecular weight excluding hydrogens is 236 g/mol. The van der Waals surface area contributed by atoms with Gasteiger partial charge < -0.3 is 15.7 Å². The summed E-state index contributed by atoms with van der Waals surface area (Å²) >= 11 is 0. The molecule has 7 nitrogen and oxygen atoms in total. The first kappa shape index (κ1) is 14.7. The molecule has 0 aromatic rings. The van der Waals surface area contributed by atoms with E-state index < -0.39 is 33.9 Å². The lowest BCUT2D eigenvalue weighted by molar-refractivity contribution is -0.138. The minimum absolute atomic E-state index is 0.193. The third-order valence-electron chi connectivity index (χ3n) is 1.65. The van der Waals surface area contributed by atoms with Crippen molar-refractivity contribution in [1.82, 2.24) is 10.6 Å². The Kier molecular flexibility index (Phi) is 5.22. The number of amides is 2. The van der Waals surface area contributed by atoms with Gasteiger partial charge in [0, 0.05) is 12.3 Å². The number of carbonyl (C=O) groups excluding carboxylic acids is 1. The van der Waals surface area contributed by atoms with Crippen molar-refractivity contribution in [2.75, 3.05) is 12.0 Å². The van der Waals surface area contributed by atoms with E-state index in [0.29, 0.717) is 0 Å². The molecule has 1 unspecified atom stereocenters. The Morgan fingerprint density at radius 2 is 1.75 bits per heavy atom. The number of aliphatic carboxylic acids is 1. The van der Waals surface area contributed by atoms with Gasteiger partial charge in [-0.15, -0.1) is 0 Å². The van der Waals surface area contributed by atoms with E-state index in [0.717, 1.165) is 6.26 Å². The SMILES string of the molecule is CC(CS(C)(=O)=O)NC(=O)N[C@H](C)C(=O)O. The zero-order valence-electron chi connectivity index (χ0n) is 9.35. The first-order chi connectivity index (χ1) is 7.11. The van der Waals surface area contributed by atoms with Crippen LogP contribution < -0.4 is 10.6 Å². The monoisotopic (exact) mass is 252 g/mol. The van der Waals surface area contributed by atoms with Gasteiger partial charge in [-0.2, -0.15) is 0 Å². The molecule has 0 aliphatic heterocycles. The van der Waals surface area contributed by atoms with Crippen LogP contribution in [0.4, 0.5) is 4.79 Å². The Balaban J connectivity index is 4.11. The molecule has 3 N–H and O–H groups in total. The Labute approximate surface area is 94.1 Å². The van der Waals surface area contributed by atoms with E-state index in [1.54, 1.807) is 0 Å². The van der Waals surface area contributed by atoms with Gasteiger partial charge in [-0.25, -0.2) is 13.2 Å². The summed E-state index contributed by atoms with van der Waals surface area (Å²) in [6, 6.07) is -2.30. The molecule has 0 saturated carbocycles. The molecule has 0 fully saturated rings. The molecule has 0 saturated heterocycles. The van der Waals surface area contributed by atoms with Gasteiger partial charge in [0.2, 0.25) is 0 Å². The molecule has 0 aliphatic carbocycles. The molecule has 8 heteroatoms. The van der Waals surface area contributed by atoms with Gasteiger partial charge in [-0.3, -0.25) is 4.79 Å². The molecule has 0 spiro atoms. The largest absolute Gasteiger partial charge is 0.480 e. The van der Waals surface area contributed by atoms with E-state index in [1.165, 1.54) is 13.8 Å². The average Bonchev–Trinajstić information content (AvgIpc) is 1.98. The van der Waals surface area contributed by atoms with Crippen molar-refractivity contribution >= 4 is 21.8 Å². The predicted molar refractivity (Wildman–Crippen MR) is 57.9 cm³/mol. The first-order valence-corrected chi connectivity index (χ1v) is 6.65. The molecule has 16 heavy (non-hydrogen) atoms. The second-order valence-electron chi connectivity index (χ2n) is 3.67. The maximum Gasteiger partial charge on any atom is 0.325 e. The highest BCUT2D eigenvalue weighted by molar-refractivity contribution is 7.90. The Morgan fingerprint density at radius 3 is 2.12 bits per heavy atom. The molecule has 0 radical (unpaired) electrons. The molecule has 2 amide bonds. The van der Waals surface area contributed by atoms with E-state index in [9.17, 15) is 18.0 Å². The molecule has 94 valence electrons. The molecule has 0 aromatic heterocycles. The summed E-state index contributed by atoms with van der Waals surface area (Å²) in [5.41, 5.74) is 0. The Bertz CT molecular complexity index is 365. The molecule has 0 aromatic carbocycles. The Morgan fingerprint density at radius 1 is 1.25 bits per heavy atom. The van der Waals surface area contributed by atoms with Crippen LogP contribution in [0.1, 0.15) is 13.8 Å². The van der Waals surface area contributed by atoms with Gasteiger partial charge in [-0.05, 0) is 13.8 Å². The van der Waals surface area contributed by atoms with Gasteiger partial charge in [0.05, 0.1) is 5.75 Å². The molecule has 0 rings (SSSR count). The van der Waals surface area contributed by atoms with Crippen LogP contribution in [-0.2, 0) is 14.6 Å². The van der Waals surface area contributed by atoms with Crippen molar-refractivity contribution in [1.29, 1.82) is 0 Å². The normalized spacial score (nSPS) is 14.9. The van der Waals surface area contributed by atoms with Crippen molar-refractivity contribution in [3.05, 3.63) is 0 Å². The smallest absolute Gasteiger partial charge is 0.325 e. The third-order valence-corrected chi connectivity index (χ3v) is 2.75. The van der Waals surface area contributed by atoms with Crippen LogP contribution in [-0.4, -0.2) is 49.6 Å². The van der Waals surface area contributed by atoms with Crippen LogP contribution in [0.25, 0.3) is 0 Å². The number of carboxylic acid groups (broad SMARTS) is 1. The number of hydrogen-bond acceptors (Lipinski definition) is 4. The standard InChI is InChI=1S/C8H16N2O5S/c1-5(4-16(3,14)15)9-8(13)10-6(2)7(11)12/h5-6H,4H2,1-3H3,(H,11,12)(H2,9,10,13)/t5?,6-/m1/s1. The number of carbonyl (C=O) groups is 2. The van der Waals surface area contributed by atoms with Crippen LogP contribution >= 0.6 is 0 Å². The zero-order chi connectivity index (χ0) is 12.9. The van der Waals surface area contributed by atoms with Gasteiger partial charge >= 0.3 is 12.0 Å². The van der Waals surface area contributed by atoms with Crippen LogP contribution in [0.15, 0.2) is 0 Å². The molecule has 2 atom stereocenters. The maximum absolute atomic E-state index is 11.2. The van der Waals surface area contributed by atoms with Crippen molar-refractivity contribution < 1.29 is 23.1 Å². The number of sulfone groups is 1. The zero-order valence-corrected chi connectivity index (χ0v) is 10.2. The lowest BCUT2D eigenvalue weighted by Gasteiger charge is -2.15. The second-order valence-corrected chi connectivity index (χ2v) is 5.86. The van der Waals surface area contributed by atoms with Gasteiger partial charge in [0.15, 0.2) is 0 Å². The van der Waals surface area contributed by atoms with Crippen LogP contribution in [0.2, 0.25) is 0 Å². The summed E-state index contributed by atoms with van der Waals surface area (Å²) in [6.07, 6.45) is 1.06. The highest BCUT2D eigenvalue weighted by atomic mass is 32.2. The van der Waals surface area contributed by atoms with Gasteiger partial charge in [-0.1, -0.05) is 0 Å². The number of rotatable bonds is 5.